The van der Waals surface area contributed by atoms with Crippen LogP contribution in [0.2, 0.25) is 0 Å². The van der Waals surface area contributed by atoms with Gasteiger partial charge in [-0.2, -0.15) is 12.7 Å². The van der Waals surface area contributed by atoms with Crippen LogP contribution in [0.25, 0.3) is 0 Å². The van der Waals surface area contributed by atoms with Gasteiger partial charge >= 0.3 is 0 Å². The van der Waals surface area contributed by atoms with E-state index in [1.165, 1.54) is 34.8 Å². The highest BCUT2D eigenvalue weighted by atomic mass is 32.2. The molecular weight excluding hydrogens is 374 g/mol. The van der Waals surface area contributed by atoms with Crippen molar-refractivity contribution in [2.24, 2.45) is 11.8 Å². The van der Waals surface area contributed by atoms with Gasteiger partial charge in [-0.3, -0.25) is 4.90 Å². The summed E-state index contributed by atoms with van der Waals surface area (Å²) in [6.45, 7) is 5.00. The van der Waals surface area contributed by atoms with E-state index in [-0.39, 0.29) is 5.41 Å². The molecule has 1 saturated carbocycles. The maximum absolute atomic E-state index is 12.2. The second-order valence-corrected chi connectivity index (χ2v) is 11.1. The lowest BCUT2D eigenvalue weighted by Crippen LogP contribution is -2.60. The Balaban J connectivity index is 1.62. The normalized spacial score (nSPS) is 30.4. The summed E-state index contributed by atoms with van der Waals surface area (Å²) in [5, 5.41) is 10.2. The van der Waals surface area contributed by atoms with E-state index in [2.05, 4.69) is 22.6 Å². The van der Waals surface area contributed by atoms with E-state index < -0.39 is 10.2 Å². The van der Waals surface area contributed by atoms with Gasteiger partial charge in [-0.15, -0.1) is 0 Å². The molecule has 2 aliphatic carbocycles. The summed E-state index contributed by atoms with van der Waals surface area (Å²) >= 11 is 0. The van der Waals surface area contributed by atoms with Gasteiger partial charge in [0.15, 0.2) is 0 Å². The van der Waals surface area contributed by atoms with Gasteiger partial charge in [0.1, 0.15) is 5.75 Å². The second kappa shape index (κ2) is 7.27. The molecule has 2 fully saturated rings. The summed E-state index contributed by atoms with van der Waals surface area (Å²) in [5.74, 6) is 1.60. The molecule has 1 saturated heterocycles. The Hall–Kier alpha value is -1.15. The molecule has 0 aromatic heterocycles. The number of hydrogen-bond donors (Lipinski definition) is 2. The summed E-state index contributed by atoms with van der Waals surface area (Å²) in [6.07, 6.45) is 5.51. The lowest BCUT2D eigenvalue weighted by atomic mass is 9.56. The van der Waals surface area contributed by atoms with Gasteiger partial charge in [0, 0.05) is 38.6 Å². The third-order valence-corrected chi connectivity index (χ3v) is 8.88. The molecule has 1 heterocycles. The van der Waals surface area contributed by atoms with E-state index in [9.17, 15) is 13.5 Å². The highest BCUT2D eigenvalue weighted by molar-refractivity contribution is 7.87. The predicted molar refractivity (Wildman–Crippen MR) is 111 cm³/mol. The van der Waals surface area contributed by atoms with E-state index in [1.54, 1.807) is 20.2 Å². The zero-order valence-electron chi connectivity index (χ0n) is 17.2. The highest BCUT2D eigenvalue weighted by Gasteiger charge is 2.51. The van der Waals surface area contributed by atoms with Gasteiger partial charge in [-0.1, -0.05) is 13.0 Å². The summed E-state index contributed by atoms with van der Waals surface area (Å²) in [7, 11) is -0.337. The van der Waals surface area contributed by atoms with Crippen LogP contribution in [0.1, 0.15) is 43.7 Å². The number of nitrogens with zero attached hydrogens (tertiary/aromatic N) is 2. The van der Waals surface area contributed by atoms with Crippen LogP contribution < -0.4 is 4.72 Å². The molecule has 1 aromatic carbocycles. The van der Waals surface area contributed by atoms with Gasteiger partial charge in [-0.05, 0) is 73.7 Å². The molecule has 0 amide bonds. The fourth-order valence-corrected chi connectivity index (χ4v) is 6.03. The molecule has 0 spiro atoms. The lowest BCUT2D eigenvalue weighted by molar-refractivity contribution is 0.0164. The number of phenolic OH excluding ortho intramolecular Hbond substituents is 1. The van der Waals surface area contributed by atoms with E-state index in [4.69, 9.17) is 0 Å². The number of piperidine rings is 1. The number of benzene rings is 1. The molecule has 7 heteroatoms. The summed E-state index contributed by atoms with van der Waals surface area (Å²) < 4.78 is 28.3. The van der Waals surface area contributed by atoms with Crippen LogP contribution in [0, 0.1) is 11.8 Å². The van der Waals surface area contributed by atoms with Gasteiger partial charge in [0.25, 0.3) is 10.2 Å². The van der Waals surface area contributed by atoms with Crippen molar-refractivity contribution >= 4 is 10.2 Å². The van der Waals surface area contributed by atoms with Crippen molar-refractivity contribution < 1.29 is 13.5 Å². The molecule has 1 aromatic rings. The molecular formula is C21H33N3O3S. The topological polar surface area (TPSA) is 72.9 Å². The van der Waals surface area contributed by atoms with Crippen LogP contribution in [0.15, 0.2) is 18.2 Å². The molecule has 2 N–H and O–H groups in total. The van der Waals surface area contributed by atoms with Crippen LogP contribution in [0.5, 0.6) is 5.75 Å². The quantitative estimate of drug-likeness (QED) is 0.726. The minimum Gasteiger partial charge on any atom is -0.508 e. The zero-order chi connectivity index (χ0) is 20.1. The minimum absolute atomic E-state index is 0.0914. The van der Waals surface area contributed by atoms with Crippen LogP contribution in [0.3, 0.4) is 0 Å². The van der Waals surface area contributed by atoms with E-state index in [1.807, 2.05) is 6.07 Å². The molecule has 2 bridgehead atoms. The van der Waals surface area contributed by atoms with E-state index in [0.29, 0.717) is 24.3 Å². The molecule has 156 valence electrons. The Labute approximate surface area is 169 Å². The van der Waals surface area contributed by atoms with Crippen molar-refractivity contribution in [3.8, 4) is 5.75 Å². The maximum Gasteiger partial charge on any atom is 0.278 e. The van der Waals surface area contributed by atoms with Gasteiger partial charge in [0.2, 0.25) is 0 Å². The zero-order valence-corrected chi connectivity index (χ0v) is 18.0. The standard InChI is InChI=1S/C21H33N3O3S/c1-15-20-12-17-6-7-18(25)13-19(17)21(15,8-10-22-28(26,27)23(2)3)9-11-24(20)14-16-4-5-16/h6-7,13,15-16,20,22,25H,4-5,8-12,14H2,1-3H3/t15-,20+,21+/m0/s1. The largest absolute Gasteiger partial charge is 0.508 e. The average molecular weight is 408 g/mol. The van der Waals surface area contributed by atoms with Crippen LogP contribution >= 0.6 is 0 Å². The molecule has 0 unspecified atom stereocenters. The molecule has 6 nitrogen and oxygen atoms in total. The van der Waals surface area contributed by atoms with Gasteiger partial charge in [0.05, 0.1) is 0 Å². The van der Waals surface area contributed by atoms with Crippen molar-refractivity contribution in [2.45, 2.75) is 50.5 Å². The van der Waals surface area contributed by atoms with Crippen LogP contribution in [-0.2, 0) is 22.0 Å². The lowest BCUT2D eigenvalue weighted by Gasteiger charge is -2.56. The Bertz CT molecular complexity index is 837. The Morgan fingerprint density at radius 2 is 2.07 bits per heavy atom. The first-order chi connectivity index (χ1) is 13.2. The number of rotatable bonds is 7. The molecule has 1 aliphatic heterocycles. The van der Waals surface area contributed by atoms with Crippen molar-refractivity contribution in [1.29, 1.82) is 0 Å². The molecule has 3 atom stereocenters. The third kappa shape index (κ3) is 3.58. The number of aromatic hydroxyl groups is 1. The number of hydrogen-bond acceptors (Lipinski definition) is 4. The van der Waals surface area contributed by atoms with Crippen molar-refractivity contribution in [3.63, 3.8) is 0 Å². The van der Waals surface area contributed by atoms with Crippen molar-refractivity contribution in [3.05, 3.63) is 29.3 Å². The number of fused-ring (bicyclic) bond motifs is 4. The van der Waals surface area contributed by atoms with Gasteiger partial charge in [-0.25, -0.2) is 4.72 Å². The monoisotopic (exact) mass is 407 g/mol. The SMILES string of the molecule is C[C@H]1[C@H]2Cc3ccc(O)cc3[C@]1(CCNS(=O)(=O)N(C)C)CCN2CC1CC1. The Morgan fingerprint density at radius 1 is 1.32 bits per heavy atom. The third-order valence-electron chi connectivity index (χ3n) is 7.35. The number of nitrogens with one attached hydrogen (secondary N) is 1. The minimum atomic E-state index is -3.43. The average Bonchev–Trinajstić information content (AvgIpc) is 3.44. The molecule has 4 rings (SSSR count). The van der Waals surface area contributed by atoms with Gasteiger partial charge < -0.3 is 5.11 Å². The number of likely N-dealkylation sites (tertiary alicyclic amines) is 1. The predicted octanol–water partition coefficient (Wildman–Crippen LogP) is 2.09. The van der Waals surface area contributed by atoms with E-state index in [0.717, 1.165) is 31.7 Å². The fraction of sp³-hybridized carbons (Fsp3) is 0.714. The first-order valence-corrected chi connectivity index (χ1v) is 11.9. The summed E-state index contributed by atoms with van der Waals surface area (Å²) in [6, 6.07) is 6.29. The fourth-order valence-electron chi connectivity index (χ4n) is 5.42. The Kier molecular flexibility index (Phi) is 5.23. The summed E-state index contributed by atoms with van der Waals surface area (Å²) in [5.41, 5.74) is 2.45. The van der Waals surface area contributed by atoms with E-state index >= 15 is 0 Å². The number of phenols is 1. The van der Waals surface area contributed by atoms with Crippen molar-refractivity contribution in [1.82, 2.24) is 13.9 Å². The van der Waals surface area contributed by atoms with Crippen LogP contribution in [-0.4, -0.2) is 62.5 Å². The second-order valence-electron chi connectivity index (χ2n) is 9.18. The van der Waals surface area contributed by atoms with Crippen molar-refractivity contribution in [2.75, 3.05) is 33.7 Å². The molecule has 0 radical (unpaired) electrons. The van der Waals surface area contributed by atoms with Crippen LogP contribution in [0.4, 0.5) is 0 Å². The smallest absolute Gasteiger partial charge is 0.278 e. The molecule has 28 heavy (non-hydrogen) atoms. The first kappa shape index (κ1) is 20.1. The Morgan fingerprint density at radius 3 is 2.75 bits per heavy atom. The maximum atomic E-state index is 12.2. The first-order valence-electron chi connectivity index (χ1n) is 10.5. The highest BCUT2D eigenvalue weighted by Crippen LogP contribution is 2.52. The molecule has 3 aliphatic rings. The summed E-state index contributed by atoms with van der Waals surface area (Å²) in [4.78, 5) is 2.68.